The van der Waals surface area contributed by atoms with E-state index in [4.69, 9.17) is 23.8 Å². The lowest BCUT2D eigenvalue weighted by molar-refractivity contribution is -0.0964. The van der Waals surface area contributed by atoms with Gasteiger partial charge in [-0.3, -0.25) is 4.79 Å². The van der Waals surface area contributed by atoms with Crippen molar-refractivity contribution in [3.8, 4) is 5.75 Å². The maximum absolute atomic E-state index is 12.9. The van der Waals surface area contributed by atoms with Crippen LogP contribution in [0.2, 0.25) is 0 Å². The molecule has 194 valence electrons. The molecule has 0 bridgehead atoms. The molecule has 4 rings (SSSR count). The van der Waals surface area contributed by atoms with E-state index in [1.807, 2.05) is 36.1 Å². The number of amides is 1. The minimum atomic E-state index is -3.83. The number of rotatable bonds is 7. The quantitative estimate of drug-likeness (QED) is 0.237. The van der Waals surface area contributed by atoms with E-state index in [2.05, 4.69) is 25.7 Å². The summed E-state index contributed by atoms with van der Waals surface area (Å²) in [6.07, 6.45) is 1.55. The van der Waals surface area contributed by atoms with Crippen LogP contribution in [0.15, 0.2) is 60.8 Å². The molecule has 8 nitrogen and oxygen atoms in total. The largest absolute Gasteiger partial charge is 0.487 e. The van der Waals surface area contributed by atoms with Crippen molar-refractivity contribution in [1.82, 2.24) is 4.98 Å². The fraction of sp³-hybridized carbons (Fsp3) is 0.240. The standard InChI is InChI=1S/C25H24ClF2N5O3S/c1-15-2-4-18(5-3-15)31-24(37)32-21-12-16(13-29-22(21)33-11-10-19(34)14-33)23(35)30-17-6-8-20(9-7-17)36-25(26,27)28/h2-9,12-13,19,34H,10-11,14H2,1H3,(H,30,35)(H2,31,32,37). The molecule has 12 heteroatoms. The molecule has 1 aliphatic heterocycles. The topological polar surface area (TPSA) is 98.8 Å². The minimum absolute atomic E-state index is 0.155. The molecule has 1 atom stereocenters. The van der Waals surface area contributed by atoms with E-state index in [-0.39, 0.29) is 11.3 Å². The molecule has 0 spiro atoms. The zero-order chi connectivity index (χ0) is 26.6. The molecule has 1 aromatic heterocycles. The van der Waals surface area contributed by atoms with Gasteiger partial charge in [-0.2, -0.15) is 0 Å². The predicted molar refractivity (Wildman–Crippen MR) is 144 cm³/mol. The number of aryl methyl sites for hydroxylation is 1. The Morgan fingerprint density at radius 1 is 1.14 bits per heavy atom. The summed E-state index contributed by atoms with van der Waals surface area (Å²) in [7, 11) is 0. The number of aliphatic hydroxyl groups is 1. The van der Waals surface area contributed by atoms with Crippen LogP contribution in [-0.4, -0.2) is 45.9 Å². The van der Waals surface area contributed by atoms with E-state index in [9.17, 15) is 18.7 Å². The molecule has 1 aliphatic rings. The highest BCUT2D eigenvalue weighted by atomic mass is 35.5. The van der Waals surface area contributed by atoms with E-state index in [0.717, 1.165) is 11.3 Å². The number of alkyl halides is 3. The second kappa shape index (κ2) is 11.2. The van der Waals surface area contributed by atoms with Gasteiger partial charge in [0.1, 0.15) is 5.75 Å². The van der Waals surface area contributed by atoms with Gasteiger partial charge in [0.2, 0.25) is 0 Å². The van der Waals surface area contributed by atoms with Crippen molar-refractivity contribution in [2.24, 2.45) is 0 Å². The minimum Gasteiger partial charge on any atom is -0.420 e. The van der Waals surface area contributed by atoms with Crippen LogP contribution in [0.5, 0.6) is 5.75 Å². The Morgan fingerprint density at radius 2 is 1.78 bits per heavy atom. The van der Waals surface area contributed by atoms with Crippen molar-refractivity contribution < 1.29 is 23.4 Å². The number of halogens is 3. The molecule has 0 saturated carbocycles. The smallest absolute Gasteiger partial charge is 0.420 e. The van der Waals surface area contributed by atoms with Crippen LogP contribution < -0.4 is 25.6 Å². The Balaban J connectivity index is 1.51. The summed E-state index contributed by atoms with van der Waals surface area (Å²) in [6.45, 7) is 2.99. The highest BCUT2D eigenvalue weighted by Crippen LogP contribution is 2.29. The lowest BCUT2D eigenvalue weighted by atomic mass is 10.2. The molecule has 1 fully saturated rings. The van der Waals surface area contributed by atoms with E-state index in [1.54, 1.807) is 6.07 Å². The number of aromatic nitrogens is 1. The normalized spacial score (nSPS) is 15.3. The number of benzene rings is 2. The summed E-state index contributed by atoms with van der Waals surface area (Å²) in [4.78, 5) is 19.3. The second-order valence-electron chi connectivity index (χ2n) is 8.46. The van der Waals surface area contributed by atoms with Gasteiger partial charge in [0.25, 0.3) is 5.91 Å². The average Bonchev–Trinajstić information content (AvgIpc) is 3.26. The summed E-state index contributed by atoms with van der Waals surface area (Å²) < 4.78 is 29.9. The molecule has 3 aromatic rings. The van der Waals surface area contributed by atoms with Gasteiger partial charge in [-0.25, -0.2) is 4.98 Å². The van der Waals surface area contributed by atoms with Crippen molar-refractivity contribution in [1.29, 1.82) is 0 Å². The van der Waals surface area contributed by atoms with Crippen molar-refractivity contribution in [3.63, 3.8) is 0 Å². The van der Waals surface area contributed by atoms with Crippen LogP contribution in [0.25, 0.3) is 0 Å². The van der Waals surface area contributed by atoms with Gasteiger partial charge in [-0.1, -0.05) is 17.7 Å². The van der Waals surface area contributed by atoms with Crippen molar-refractivity contribution in [3.05, 3.63) is 71.9 Å². The summed E-state index contributed by atoms with van der Waals surface area (Å²) in [5.41, 5.74) is -0.852. The molecule has 2 heterocycles. The Labute approximate surface area is 222 Å². The Morgan fingerprint density at radius 3 is 2.41 bits per heavy atom. The monoisotopic (exact) mass is 547 g/mol. The molecule has 0 aliphatic carbocycles. The number of nitrogens with one attached hydrogen (secondary N) is 3. The van der Waals surface area contributed by atoms with Gasteiger partial charge in [-0.05, 0) is 68.0 Å². The van der Waals surface area contributed by atoms with Gasteiger partial charge in [-0.15, -0.1) is 8.78 Å². The number of carbonyl (C=O) groups excluding carboxylic acids is 1. The first kappa shape index (κ1) is 26.5. The van der Waals surface area contributed by atoms with Crippen LogP contribution in [0, 0.1) is 6.92 Å². The maximum Gasteiger partial charge on any atom is 0.487 e. The van der Waals surface area contributed by atoms with Crippen LogP contribution in [0.4, 0.5) is 31.7 Å². The zero-order valence-corrected chi connectivity index (χ0v) is 21.2. The molecule has 4 N–H and O–H groups in total. The first-order valence-electron chi connectivity index (χ1n) is 11.3. The zero-order valence-electron chi connectivity index (χ0n) is 19.7. The lowest BCUT2D eigenvalue weighted by Crippen LogP contribution is -2.26. The van der Waals surface area contributed by atoms with Crippen LogP contribution >= 0.6 is 23.8 Å². The SMILES string of the molecule is Cc1ccc(NC(=S)Nc2cc(C(=O)Nc3ccc(OC(F)(F)Cl)cc3)cnc2N2CCC(O)C2)cc1. The Bertz CT molecular complexity index is 1270. The van der Waals surface area contributed by atoms with Crippen LogP contribution in [-0.2, 0) is 0 Å². The molecule has 1 saturated heterocycles. The molecule has 1 amide bonds. The second-order valence-corrected chi connectivity index (χ2v) is 9.30. The number of nitrogens with zero attached hydrogens (tertiary/aromatic N) is 2. The molecule has 1 unspecified atom stereocenters. The van der Waals surface area contributed by atoms with Gasteiger partial charge in [0.15, 0.2) is 10.9 Å². The number of hydrogen-bond donors (Lipinski definition) is 4. The van der Waals surface area contributed by atoms with Crippen LogP contribution in [0.1, 0.15) is 22.3 Å². The fourth-order valence-electron chi connectivity index (χ4n) is 3.72. The van der Waals surface area contributed by atoms with E-state index >= 15 is 0 Å². The summed E-state index contributed by atoms with van der Waals surface area (Å²) in [6, 6.07) is 14.6. The number of β-amino-alcohol motifs (C(OH)–C–C–N with tert-alkyl or cyclic N) is 1. The van der Waals surface area contributed by atoms with Crippen molar-refractivity contribution >= 4 is 57.7 Å². The third-order valence-electron chi connectivity index (χ3n) is 5.50. The molecular weight excluding hydrogens is 524 g/mol. The summed E-state index contributed by atoms with van der Waals surface area (Å²) in [5.74, 6) is -0.0835. The summed E-state index contributed by atoms with van der Waals surface area (Å²) >= 11 is 10.3. The van der Waals surface area contributed by atoms with Crippen LogP contribution in [0.3, 0.4) is 0 Å². The highest BCUT2D eigenvalue weighted by molar-refractivity contribution is 7.80. The average molecular weight is 548 g/mol. The predicted octanol–water partition coefficient (Wildman–Crippen LogP) is 5.19. The number of hydrogen-bond acceptors (Lipinski definition) is 6. The van der Waals surface area contributed by atoms with Gasteiger partial charge < -0.3 is 30.7 Å². The third kappa shape index (κ3) is 7.48. The van der Waals surface area contributed by atoms with Crippen molar-refractivity contribution in [2.75, 3.05) is 33.9 Å². The number of carbonyl (C=O) groups is 1. The Kier molecular flexibility index (Phi) is 8.06. The third-order valence-corrected chi connectivity index (χ3v) is 5.78. The number of ether oxygens (including phenoxy) is 1. The first-order valence-corrected chi connectivity index (χ1v) is 12.1. The fourth-order valence-corrected chi connectivity index (χ4v) is 4.04. The van der Waals surface area contributed by atoms with E-state index in [1.165, 1.54) is 30.5 Å². The number of thiocarbonyl (C=S) groups is 1. The van der Waals surface area contributed by atoms with E-state index in [0.29, 0.717) is 41.8 Å². The first-order chi connectivity index (χ1) is 17.6. The van der Waals surface area contributed by atoms with Crippen molar-refractivity contribution in [2.45, 2.75) is 25.0 Å². The number of anilines is 4. The summed E-state index contributed by atoms with van der Waals surface area (Å²) in [5, 5.41) is 19.2. The Hall–Kier alpha value is -3.54. The van der Waals surface area contributed by atoms with Gasteiger partial charge in [0, 0.05) is 42.3 Å². The number of pyridine rings is 1. The molecular formula is C25H24ClF2N5O3S. The van der Waals surface area contributed by atoms with E-state index < -0.39 is 17.6 Å². The molecule has 0 radical (unpaired) electrons. The molecule has 37 heavy (non-hydrogen) atoms. The maximum atomic E-state index is 12.9. The molecule has 2 aromatic carbocycles. The van der Waals surface area contributed by atoms with Gasteiger partial charge in [0.05, 0.1) is 17.4 Å². The highest BCUT2D eigenvalue weighted by Gasteiger charge is 2.27. The lowest BCUT2D eigenvalue weighted by Gasteiger charge is -2.22. The van der Waals surface area contributed by atoms with Gasteiger partial charge >= 0.3 is 5.57 Å². The number of aliphatic hydroxyl groups excluding tert-OH is 1.